The van der Waals surface area contributed by atoms with Crippen molar-refractivity contribution in [1.29, 1.82) is 0 Å². The summed E-state index contributed by atoms with van der Waals surface area (Å²) in [7, 11) is 0. The number of nitrogens with one attached hydrogen (secondary N) is 1. The summed E-state index contributed by atoms with van der Waals surface area (Å²) in [5.74, 6) is -0.249. The Labute approximate surface area is 206 Å². The number of aromatic nitrogens is 1. The minimum atomic E-state index is -0.445. The largest absolute Gasteiger partial charge is 0.481 e. The molecule has 8 heteroatoms. The van der Waals surface area contributed by atoms with Crippen molar-refractivity contribution in [2.45, 2.75) is 13.5 Å². The summed E-state index contributed by atoms with van der Waals surface area (Å²) in [6.45, 7) is 2.48. The van der Waals surface area contributed by atoms with Crippen LogP contribution in [-0.4, -0.2) is 23.3 Å². The molecule has 33 heavy (non-hydrogen) atoms. The average molecular weight is 501 g/mol. The van der Waals surface area contributed by atoms with E-state index in [0.717, 1.165) is 28.7 Å². The van der Waals surface area contributed by atoms with Gasteiger partial charge in [-0.1, -0.05) is 83.3 Å². The van der Waals surface area contributed by atoms with Crippen LogP contribution in [0.15, 0.2) is 71.8 Å². The van der Waals surface area contributed by atoms with Gasteiger partial charge in [0, 0.05) is 33.7 Å². The lowest BCUT2D eigenvalue weighted by molar-refractivity contribution is -0.123. The highest BCUT2D eigenvalue weighted by molar-refractivity contribution is 6.40. The Balaban J connectivity index is 1.48. The molecule has 0 atom stereocenters. The van der Waals surface area contributed by atoms with Gasteiger partial charge in [-0.25, -0.2) is 5.43 Å². The average Bonchev–Trinajstić information content (AvgIpc) is 3.05. The Morgan fingerprint density at radius 2 is 1.70 bits per heavy atom. The maximum absolute atomic E-state index is 12.2. The first-order valence-electron chi connectivity index (χ1n) is 10.1. The van der Waals surface area contributed by atoms with E-state index in [0.29, 0.717) is 5.02 Å². The molecular formula is C25H20Cl3N3O2. The van der Waals surface area contributed by atoms with Crippen molar-refractivity contribution < 1.29 is 9.53 Å². The molecule has 5 nitrogen and oxygen atoms in total. The van der Waals surface area contributed by atoms with Gasteiger partial charge >= 0.3 is 0 Å². The molecule has 0 saturated heterocycles. The molecule has 1 aromatic heterocycles. The van der Waals surface area contributed by atoms with E-state index >= 15 is 0 Å². The molecule has 0 fully saturated rings. The second-order valence-corrected chi connectivity index (χ2v) is 8.62. The number of carbonyl (C=O) groups excluding carboxylic acids is 1. The van der Waals surface area contributed by atoms with E-state index in [1.165, 1.54) is 17.7 Å². The number of ether oxygens (including phenoxy) is 1. The maximum Gasteiger partial charge on any atom is 0.277 e. The fourth-order valence-electron chi connectivity index (χ4n) is 3.60. The smallest absolute Gasteiger partial charge is 0.277 e. The van der Waals surface area contributed by atoms with Crippen molar-refractivity contribution in [2.75, 3.05) is 6.61 Å². The van der Waals surface area contributed by atoms with E-state index < -0.39 is 5.91 Å². The van der Waals surface area contributed by atoms with Crippen LogP contribution in [0.1, 0.15) is 16.8 Å². The Hall–Kier alpha value is -2.99. The van der Waals surface area contributed by atoms with E-state index in [9.17, 15) is 4.79 Å². The Bertz CT molecular complexity index is 1310. The first kappa shape index (κ1) is 23.2. The second kappa shape index (κ2) is 10.3. The number of hydrogen-bond donors (Lipinski definition) is 1. The molecule has 0 aliphatic heterocycles. The SMILES string of the molecule is Cc1c(/C=N\NC(=O)COc2c(Cl)cc(Cl)cc2Cl)c2ccccc2n1Cc1ccccc1. The van der Waals surface area contributed by atoms with Gasteiger partial charge in [-0.3, -0.25) is 4.79 Å². The van der Waals surface area contributed by atoms with Crippen LogP contribution in [0.3, 0.4) is 0 Å². The lowest BCUT2D eigenvalue weighted by Crippen LogP contribution is -2.24. The van der Waals surface area contributed by atoms with Gasteiger partial charge in [0.1, 0.15) is 0 Å². The first-order valence-corrected chi connectivity index (χ1v) is 11.3. The Morgan fingerprint density at radius 3 is 2.42 bits per heavy atom. The van der Waals surface area contributed by atoms with E-state index in [4.69, 9.17) is 39.5 Å². The number of benzene rings is 3. The predicted octanol–water partition coefficient (Wildman–Crippen LogP) is 6.49. The van der Waals surface area contributed by atoms with Crippen LogP contribution < -0.4 is 10.2 Å². The van der Waals surface area contributed by atoms with E-state index in [1.54, 1.807) is 6.21 Å². The predicted molar refractivity (Wildman–Crippen MR) is 135 cm³/mol. The van der Waals surface area contributed by atoms with Crippen LogP contribution in [0.4, 0.5) is 0 Å². The summed E-state index contributed by atoms with van der Waals surface area (Å²) in [6, 6.07) is 21.4. The zero-order chi connectivity index (χ0) is 23.4. The zero-order valence-corrected chi connectivity index (χ0v) is 20.0. The van der Waals surface area contributed by atoms with Crippen molar-refractivity contribution in [3.05, 3.63) is 98.6 Å². The number of para-hydroxylation sites is 1. The molecule has 1 heterocycles. The molecule has 0 radical (unpaired) electrons. The standard InChI is InChI=1S/C25H20Cl3N3O2/c1-16-20(13-29-30-24(32)15-33-25-21(27)11-18(26)12-22(25)28)19-9-5-6-10-23(19)31(16)14-17-7-3-2-4-8-17/h2-13H,14-15H2,1H3,(H,30,32)/b29-13-. The lowest BCUT2D eigenvalue weighted by atomic mass is 10.1. The molecule has 0 unspecified atom stereocenters. The minimum absolute atomic E-state index is 0.196. The third-order valence-corrected chi connectivity index (χ3v) is 5.94. The van der Waals surface area contributed by atoms with Crippen molar-refractivity contribution in [3.63, 3.8) is 0 Å². The van der Waals surface area contributed by atoms with E-state index in [-0.39, 0.29) is 22.4 Å². The maximum atomic E-state index is 12.2. The Morgan fingerprint density at radius 1 is 1.03 bits per heavy atom. The van der Waals surface area contributed by atoms with Crippen LogP contribution in [0.25, 0.3) is 10.9 Å². The van der Waals surface area contributed by atoms with Gasteiger partial charge in [0.2, 0.25) is 0 Å². The number of amides is 1. The molecule has 0 saturated carbocycles. The molecular weight excluding hydrogens is 481 g/mol. The van der Waals surface area contributed by atoms with Crippen LogP contribution >= 0.6 is 34.8 Å². The lowest BCUT2D eigenvalue weighted by Gasteiger charge is -2.09. The van der Waals surface area contributed by atoms with E-state index in [2.05, 4.69) is 33.3 Å². The summed E-state index contributed by atoms with van der Waals surface area (Å²) < 4.78 is 7.68. The van der Waals surface area contributed by atoms with Gasteiger partial charge in [0.05, 0.1) is 16.3 Å². The van der Waals surface area contributed by atoms with Crippen molar-refractivity contribution in [3.8, 4) is 5.75 Å². The number of hydrogen-bond acceptors (Lipinski definition) is 3. The van der Waals surface area contributed by atoms with Gasteiger partial charge in [0.25, 0.3) is 5.91 Å². The highest BCUT2D eigenvalue weighted by Gasteiger charge is 2.14. The Kier molecular flexibility index (Phi) is 7.23. The molecule has 0 spiro atoms. The molecule has 168 valence electrons. The normalized spacial score (nSPS) is 11.3. The van der Waals surface area contributed by atoms with Crippen molar-refractivity contribution in [2.24, 2.45) is 5.10 Å². The number of halogens is 3. The summed E-state index contributed by atoms with van der Waals surface area (Å²) in [5.41, 5.74) is 6.78. The van der Waals surface area contributed by atoms with Gasteiger partial charge in [-0.15, -0.1) is 0 Å². The third kappa shape index (κ3) is 5.33. The van der Waals surface area contributed by atoms with Crippen molar-refractivity contribution in [1.82, 2.24) is 9.99 Å². The molecule has 1 amide bonds. The molecule has 0 bridgehead atoms. The van der Waals surface area contributed by atoms with Gasteiger partial charge < -0.3 is 9.30 Å². The summed E-state index contributed by atoms with van der Waals surface area (Å²) in [4.78, 5) is 12.2. The van der Waals surface area contributed by atoms with Crippen LogP contribution in [0.2, 0.25) is 15.1 Å². The quantitative estimate of drug-likeness (QED) is 0.233. The van der Waals surface area contributed by atoms with Crippen LogP contribution in [0.5, 0.6) is 5.75 Å². The highest BCUT2D eigenvalue weighted by atomic mass is 35.5. The molecule has 4 aromatic rings. The molecule has 0 aliphatic rings. The third-order valence-electron chi connectivity index (χ3n) is 5.16. The monoisotopic (exact) mass is 499 g/mol. The summed E-state index contributed by atoms with van der Waals surface area (Å²) in [6.07, 6.45) is 1.65. The number of hydrazone groups is 1. The van der Waals surface area contributed by atoms with Gasteiger partial charge in [0.15, 0.2) is 12.4 Å². The molecule has 3 aromatic carbocycles. The van der Waals surface area contributed by atoms with Crippen LogP contribution in [0, 0.1) is 6.92 Å². The number of rotatable bonds is 7. The number of nitrogens with zero attached hydrogens (tertiary/aromatic N) is 2. The fraction of sp³-hybridized carbons (Fsp3) is 0.120. The minimum Gasteiger partial charge on any atom is -0.481 e. The van der Waals surface area contributed by atoms with E-state index in [1.807, 2.05) is 43.3 Å². The summed E-state index contributed by atoms with van der Waals surface area (Å²) >= 11 is 18.0. The number of carbonyl (C=O) groups is 1. The van der Waals surface area contributed by atoms with Gasteiger partial charge in [-0.2, -0.15) is 5.10 Å². The first-order chi connectivity index (χ1) is 15.9. The topological polar surface area (TPSA) is 55.6 Å². The molecule has 1 N–H and O–H groups in total. The molecule has 4 rings (SSSR count). The number of fused-ring (bicyclic) bond motifs is 1. The van der Waals surface area contributed by atoms with Crippen molar-refractivity contribution >= 4 is 57.8 Å². The fourth-order valence-corrected chi connectivity index (χ4v) is 4.52. The summed E-state index contributed by atoms with van der Waals surface area (Å²) in [5, 5.41) is 6.03. The van der Waals surface area contributed by atoms with Crippen LogP contribution in [-0.2, 0) is 11.3 Å². The second-order valence-electron chi connectivity index (χ2n) is 7.37. The molecule has 0 aliphatic carbocycles. The highest BCUT2D eigenvalue weighted by Crippen LogP contribution is 2.35. The van der Waals surface area contributed by atoms with Gasteiger partial charge in [-0.05, 0) is 30.7 Å². The zero-order valence-electron chi connectivity index (χ0n) is 17.7.